The second-order valence-corrected chi connectivity index (χ2v) is 6.81. The molecule has 2 aliphatic rings. The highest BCUT2D eigenvalue weighted by atomic mass is 35.5. The fourth-order valence-electron chi connectivity index (χ4n) is 3.04. The molecule has 2 unspecified atom stereocenters. The first kappa shape index (κ1) is 13.6. The van der Waals surface area contributed by atoms with E-state index in [1.165, 1.54) is 24.2 Å². The maximum Gasteiger partial charge on any atom is 0.274 e. The summed E-state index contributed by atoms with van der Waals surface area (Å²) in [5, 5.41) is 14.1. The van der Waals surface area contributed by atoms with Gasteiger partial charge in [-0.2, -0.15) is 0 Å². The van der Waals surface area contributed by atoms with Gasteiger partial charge in [0.15, 0.2) is 10.3 Å². The van der Waals surface area contributed by atoms with Crippen molar-refractivity contribution in [2.45, 2.75) is 44.3 Å². The lowest BCUT2D eigenvalue weighted by Crippen LogP contribution is -2.38. The molecule has 1 saturated carbocycles. The van der Waals surface area contributed by atoms with Crippen LogP contribution in [0.25, 0.3) is 0 Å². The summed E-state index contributed by atoms with van der Waals surface area (Å²) in [7, 11) is 0. The van der Waals surface area contributed by atoms with Gasteiger partial charge in [-0.25, -0.2) is 4.98 Å². The molecule has 20 heavy (non-hydrogen) atoms. The number of nitrogens with one attached hydrogen (secondary N) is 1. The number of thiazole rings is 1. The van der Waals surface area contributed by atoms with E-state index in [1.807, 2.05) is 0 Å². The fraction of sp³-hybridized carbons (Fsp3) is 0.583. The molecule has 108 valence electrons. The largest absolute Gasteiger partial charge is 0.362 e. The predicted octanol–water partition coefficient (Wildman–Crippen LogP) is 2.59. The summed E-state index contributed by atoms with van der Waals surface area (Å²) in [6.07, 6.45) is 7.31. The van der Waals surface area contributed by atoms with Crippen molar-refractivity contribution in [3.8, 4) is 0 Å². The first-order valence-electron chi connectivity index (χ1n) is 6.62. The number of hydrogen-bond acceptors (Lipinski definition) is 6. The zero-order chi connectivity index (χ0) is 14.1. The normalized spacial score (nSPS) is 27.4. The van der Waals surface area contributed by atoms with E-state index < -0.39 is 4.92 Å². The van der Waals surface area contributed by atoms with Gasteiger partial charge in [-0.1, -0.05) is 24.4 Å². The second kappa shape index (κ2) is 5.57. The van der Waals surface area contributed by atoms with E-state index >= 15 is 0 Å². The van der Waals surface area contributed by atoms with Gasteiger partial charge in [0.05, 0.1) is 17.5 Å². The molecule has 3 rings (SSSR count). The summed E-state index contributed by atoms with van der Waals surface area (Å²) >= 11 is 7.28. The van der Waals surface area contributed by atoms with Crippen molar-refractivity contribution in [3.05, 3.63) is 37.7 Å². The molecule has 1 aromatic heterocycles. The Hall–Kier alpha value is -1.34. The summed E-state index contributed by atoms with van der Waals surface area (Å²) in [5.74, 6) is 0.608. The van der Waals surface area contributed by atoms with E-state index in [-0.39, 0.29) is 0 Å². The highest BCUT2D eigenvalue weighted by Crippen LogP contribution is 2.33. The van der Waals surface area contributed by atoms with Crippen LogP contribution in [-0.2, 0) is 6.54 Å². The van der Waals surface area contributed by atoms with E-state index in [4.69, 9.17) is 11.6 Å². The lowest BCUT2D eigenvalue weighted by Gasteiger charge is -2.30. The number of nitro groups is 1. The van der Waals surface area contributed by atoms with Gasteiger partial charge in [0.25, 0.3) is 6.20 Å². The molecule has 1 saturated heterocycles. The second-order valence-electron chi connectivity index (χ2n) is 5.11. The van der Waals surface area contributed by atoms with Crippen LogP contribution in [0.4, 0.5) is 0 Å². The molecule has 6 nitrogen and oxygen atoms in total. The summed E-state index contributed by atoms with van der Waals surface area (Å²) in [4.78, 5) is 17.5. The van der Waals surface area contributed by atoms with E-state index in [0.717, 1.165) is 23.9 Å². The maximum atomic E-state index is 10.8. The highest BCUT2D eigenvalue weighted by Gasteiger charge is 2.39. The number of nitrogens with zero attached hydrogens (tertiary/aromatic N) is 3. The molecule has 8 heteroatoms. The summed E-state index contributed by atoms with van der Waals surface area (Å²) in [6.45, 7) is 0.623. The van der Waals surface area contributed by atoms with Gasteiger partial charge < -0.3 is 10.2 Å². The van der Waals surface area contributed by atoms with Gasteiger partial charge in [-0.3, -0.25) is 10.1 Å². The van der Waals surface area contributed by atoms with Gasteiger partial charge in [0, 0.05) is 17.1 Å². The Morgan fingerprint density at radius 1 is 1.60 bits per heavy atom. The summed E-state index contributed by atoms with van der Waals surface area (Å²) < 4.78 is 0.507. The molecule has 1 aromatic rings. The average molecular weight is 315 g/mol. The Bertz CT molecular complexity index is 547. The Kier molecular flexibility index (Phi) is 3.80. The molecule has 0 amide bonds. The van der Waals surface area contributed by atoms with E-state index in [0.29, 0.717) is 28.9 Å². The van der Waals surface area contributed by atoms with Crippen LogP contribution in [0, 0.1) is 10.1 Å². The SMILES string of the molecule is O=[N+]([O-])/C=C1\NC2CCCCC2N1Cc1cnc(Cl)s1. The Morgan fingerprint density at radius 3 is 3.10 bits per heavy atom. The average Bonchev–Trinajstić information content (AvgIpc) is 2.95. The van der Waals surface area contributed by atoms with Crippen molar-refractivity contribution < 1.29 is 4.92 Å². The molecule has 0 bridgehead atoms. The first-order chi connectivity index (χ1) is 9.63. The molecule has 0 aromatic carbocycles. The van der Waals surface area contributed by atoms with Crippen LogP contribution in [0.3, 0.4) is 0 Å². The Labute approximate surface area is 125 Å². The van der Waals surface area contributed by atoms with Crippen molar-refractivity contribution in [3.63, 3.8) is 0 Å². The van der Waals surface area contributed by atoms with E-state index in [2.05, 4.69) is 15.2 Å². The zero-order valence-corrected chi connectivity index (χ0v) is 12.4. The van der Waals surface area contributed by atoms with Crippen LogP contribution in [0.1, 0.15) is 30.6 Å². The fourth-order valence-corrected chi connectivity index (χ4v) is 4.02. The van der Waals surface area contributed by atoms with Crippen LogP contribution in [0.15, 0.2) is 18.2 Å². The minimum absolute atomic E-state index is 0.318. The highest BCUT2D eigenvalue weighted by molar-refractivity contribution is 7.15. The van der Waals surface area contributed by atoms with Gasteiger partial charge in [0.1, 0.15) is 0 Å². The van der Waals surface area contributed by atoms with Crippen LogP contribution in [0.5, 0.6) is 0 Å². The van der Waals surface area contributed by atoms with Crippen LogP contribution >= 0.6 is 22.9 Å². The maximum absolute atomic E-state index is 10.8. The molecule has 2 fully saturated rings. The summed E-state index contributed by atoms with van der Waals surface area (Å²) in [6, 6.07) is 0.647. The molecule has 2 atom stereocenters. The predicted molar refractivity (Wildman–Crippen MR) is 76.9 cm³/mol. The summed E-state index contributed by atoms with van der Waals surface area (Å²) in [5.41, 5.74) is 0. The minimum atomic E-state index is -0.397. The number of rotatable bonds is 3. The van der Waals surface area contributed by atoms with Gasteiger partial charge in [-0.15, -0.1) is 11.3 Å². The lowest BCUT2D eigenvalue weighted by molar-refractivity contribution is -0.404. The van der Waals surface area contributed by atoms with Crippen molar-refractivity contribution in [2.24, 2.45) is 0 Å². The molecule has 1 N–H and O–H groups in total. The third kappa shape index (κ3) is 2.73. The third-order valence-corrected chi connectivity index (χ3v) is 4.95. The number of halogens is 1. The van der Waals surface area contributed by atoms with Gasteiger partial charge >= 0.3 is 0 Å². The van der Waals surface area contributed by atoms with Crippen molar-refractivity contribution >= 4 is 22.9 Å². The molecule has 1 aliphatic heterocycles. The Morgan fingerprint density at radius 2 is 2.40 bits per heavy atom. The first-order valence-corrected chi connectivity index (χ1v) is 7.81. The quantitative estimate of drug-likeness (QED) is 0.686. The number of fused-ring (bicyclic) bond motifs is 1. The molecular weight excluding hydrogens is 300 g/mol. The van der Waals surface area contributed by atoms with E-state index in [9.17, 15) is 10.1 Å². The third-order valence-electron chi connectivity index (χ3n) is 3.85. The number of aromatic nitrogens is 1. The minimum Gasteiger partial charge on any atom is -0.362 e. The Balaban J connectivity index is 1.84. The van der Waals surface area contributed by atoms with Crippen LogP contribution in [-0.4, -0.2) is 26.9 Å². The van der Waals surface area contributed by atoms with Crippen LogP contribution in [0.2, 0.25) is 4.47 Å². The van der Waals surface area contributed by atoms with Crippen molar-refractivity contribution in [1.29, 1.82) is 0 Å². The van der Waals surface area contributed by atoms with Gasteiger partial charge in [-0.05, 0) is 12.8 Å². The molecule has 1 aliphatic carbocycles. The monoisotopic (exact) mass is 314 g/mol. The topological polar surface area (TPSA) is 71.3 Å². The van der Waals surface area contributed by atoms with E-state index in [1.54, 1.807) is 6.20 Å². The smallest absolute Gasteiger partial charge is 0.274 e. The molecular formula is C12H15ClN4O2S. The molecule has 2 heterocycles. The van der Waals surface area contributed by atoms with Crippen molar-refractivity contribution in [2.75, 3.05) is 0 Å². The molecule has 0 radical (unpaired) electrons. The van der Waals surface area contributed by atoms with Gasteiger partial charge in [0.2, 0.25) is 0 Å². The molecule has 0 spiro atoms. The number of hydrogen-bond donors (Lipinski definition) is 1. The standard InChI is InChI=1S/C12H15ClN4O2S/c13-12-14-5-8(20-12)6-16-10-4-2-1-3-9(10)15-11(16)7-17(18)19/h5,7,9-10,15H,1-4,6H2/b11-7+. The lowest BCUT2D eigenvalue weighted by atomic mass is 9.91. The zero-order valence-electron chi connectivity index (χ0n) is 10.8. The van der Waals surface area contributed by atoms with Crippen molar-refractivity contribution in [1.82, 2.24) is 15.2 Å². The van der Waals surface area contributed by atoms with Crippen LogP contribution < -0.4 is 5.32 Å².